The molecule has 1 saturated heterocycles. The molecule has 0 aromatic heterocycles. The van der Waals surface area contributed by atoms with Gasteiger partial charge in [0.2, 0.25) is 0 Å². The minimum absolute atomic E-state index is 0.149. The molecule has 112 valence electrons. The van der Waals surface area contributed by atoms with Crippen molar-refractivity contribution < 1.29 is 13.2 Å². The number of benzene rings is 1. The summed E-state index contributed by atoms with van der Waals surface area (Å²) >= 11 is 0. The number of rotatable bonds is 1. The van der Waals surface area contributed by atoms with Gasteiger partial charge >= 0.3 is 6.18 Å². The Balaban J connectivity index is 2.33. The van der Waals surface area contributed by atoms with Gasteiger partial charge < -0.3 is 10.6 Å². The van der Waals surface area contributed by atoms with Crippen LogP contribution in [0.2, 0.25) is 0 Å². The first-order valence-corrected chi connectivity index (χ1v) is 6.91. The predicted molar refractivity (Wildman–Crippen MR) is 75.7 cm³/mol. The van der Waals surface area contributed by atoms with Gasteiger partial charge in [0.25, 0.3) is 0 Å². The van der Waals surface area contributed by atoms with Crippen LogP contribution in [0.5, 0.6) is 0 Å². The van der Waals surface area contributed by atoms with E-state index in [-0.39, 0.29) is 16.8 Å². The van der Waals surface area contributed by atoms with Crippen molar-refractivity contribution in [1.82, 2.24) is 0 Å². The number of nitrogen functional groups attached to an aromatic ring is 1. The third-order valence-corrected chi connectivity index (χ3v) is 4.01. The maximum atomic E-state index is 13.2. The first-order chi connectivity index (χ1) is 9.19. The fourth-order valence-corrected chi connectivity index (χ4v) is 2.72. The molecule has 0 spiro atoms. The second-order valence-electron chi connectivity index (χ2n) is 6.28. The van der Waals surface area contributed by atoms with Crippen LogP contribution in [0.25, 0.3) is 0 Å². The quantitative estimate of drug-likeness (QED) is 0.780. The third kappa shape index (κ3) is 3.38. The lowest BCUT2D eigenvalue weighted by Gasteiger charge is -2.27. The number of hydrogen-bond acceptors (Lipinski definition) is 2. The molecule has 0 bridgehead atoms. The van der Waals surface area contributed by atoms with Gasteiger partial charge in [-0.1, -0.05) is 13.8 Å². The maximum absolute atomic E-state index is 13.2. The second-order valence-corrected chi connectivity index (χ2v) is 6.28. The largest absolute Gasteiger partial charge is 0.418 e. The molecule has 2 nitrogen and oxygen atoms in total. The summed E-state index contributed by atoms with van der Waals surface area (Å²) in [6, 6.07) is 4.07. The number of alkyl halides is 3. The summed E-state index contributed by atoms with van der Waals surface area (Å²) < 4.78 is 39.5. The van der Waals surface area contributed by atoms with Crippen molar-refractivity contribution in [2.24, 2.45) is 5.41 Å². The monoisotopic (exact) mass is 286 g/mol. The lowest BCUT2D eigenvalue weighted by Crippen LogP contribution is -2.27. The summed E-state index contributed by atoms with van der Waals surface area (Å²) in [7, 11) is 0. The molecular formula is C15H21F3N2. The van der Waals surface area contributed by atoms with E-state index in [1.165, 1.54) is 6.07 Å². The molecule has 1 aromatic carbocycles. The Labute approximate surface area is 117 Å². The summed E-state index contributed by atoms with van der Waals surface area (Å²) in [6.07, 6.45) is -1.52. The topological polar surface area (TPSA) is 29.3 Å². The molecule has 1 aliphatic rings. The highest BCUT2D eigenvalue weighted by atomic mass is 19.4. The Kier molecular flexibility index (Phi) is 3.89. The number of nitrogens with zero attached hydrogens (tertiary/aromatic N) is 1. The van der Waals surface area contributed by atoms with Crippen molar-refractivity contribution in [3.05, 3.63) is 23.8 Å². The van der Waals surface area contributed by atoms with Crippen LogP contribution in [0.3, 0.4) is 0 Å². The summed E-state index contributed by atoms with van der Waals surface area (Å²) in [5.41, 5.74) is 5.48. The van der Waals surface area contributed by atoms with E-state index < -0.39 is 11.7 Å². The van der Waals surface area contributed by atoms with Gasteiger partial charge in [-0.3, -0.25) is 0 Å². The zero-order valence-electron chi connectivity index (χ0n) is 11.9. The highest BCUT2D eigenvalue weighted by Gasteiger charge is 2.35. The van der Waals surface area contributed by atoms with Crippen LogP contribution in [0.1, 0.15) is 38.7 Å². The van der Waals surface area contributed by atoms with E-state index >= 15 is 0 Å². The third-order valence-electron chi connectivity index (χ3n) is 4.01. The van der Waals surface area contributed by atoms with Crippen LogP contribution in [0.4, 0.5) is 24.5 Å². The van der Waals surface area contributed by atoms with Gasteiger partial charge in [-0.15, -0.1) is 0 Å². The first-order valence-electron chi connectivity index (χ1n) is 6.91. The maximum Gasteiger partial charge on any atom is 0.418 e. The van der Waals surface area contributed by atoms with Crippen LogP contribution in [-0.4, -0.2) is 13.1 Å². The standard InChI is InChI=1S/C15H21F3N2/c1-14(2)6-3-8-20(9-7-14)13-5-4-11(19)10-12(13)15(16,17)18/h4-5,10H,3,6-9,19H2,1-2H3. The van der Waals surface area contributed by atoms with Gasteiger partial charge in [-0.25, -0.2) is 0 Å². The van der Waals surface area contributed by atoms with Crippen molar-refractivity contribution in [2.75, 3.05) is 23.7 Å². The molecule has 2 rings (SSSR count). The van der Waals surface area contributed by atoms with Crippen LogP contribution in [-0.2, 0) is 6.18 Å². The average Bonchev–Trinajstić information content (AvgIpc) is 2.49. The Hall–Kier alpha value is -1.39. The molecule has 1 fully saturated rings. The van der Waals surface area contributed by atoms with E-state index in [0.717, 1.165) is 25.3 Å². The van der Waals surface area contributed by atoms with Crippen LogP contribution in [0, 0.1) is 5.41 Å². The summed E-state index contributed by atoms with van der Waals surface area (Å²) in [5.74, 6) is 0. The van der Waals surface area contributed by atoms with E-state index in [0.29, 0.717) is 13.1 Å². The number of anilines is 2. The fourth-order valence-electron chi connectivity index (χ4n) is 2.72. The van der Waals surface area contributed by atoms with Crippen LogP contribution in [0.15, 0.2) is 18.2 Å². The molecule has 1 aromatic rings. The SMILES string of the molecule is CC1(C)CCCN(c2ccc(N)cc2C(F)(F)F)CC1. The molecule has 1 heterocycles. The molecule has 0 aliphatic carbocycles. The summed E-state index contributed by atoms with van der Waals surface area (Å²) in [6.45, 7) is 5.66. The van der Waals surface area contributed by atoms with Crippen molar-refractivity contribution in [3.8, 4) is 0 Å². The van der Waals surface area contributed by atoms with Gasteiger partial charge in [0, 0.05) is 24.5 Å². The zero-order chi connectivity index (χ0) is 15.0. The summed E-state index contributed by atoms with van der Waals surface area (Å²) in [4.78, 5) is 1.84. The van der Waals surface area contributed by atoms with Gasteiger partial charge in [0.15, 0.2) is 0 Å². The second kappa shape index (κ2) is 5.19. The normalized spacial score (nSPS) is 19.8. The molecule has 0 atom stereocenters. The van der Waals surface area contributed by atoms with Gasteiger partial charge in [-0.2, -0.15) is 13.2 Å². The van der Waals surface area contributed by atoms with E-state index in [1.807, 2.05) is 4.90 Å². The molecule has 0 radical (unpaired) electrons. The van der Waals surface area contributed by atoms with E-state index in [2.05, 4.69) is 13.8 Å². The minimum atomic E-state index is -4.37. The Bertz CT molecular complexity index is 480. The molecule has 2 N–H and O–H groups in total. The lowest BCUT2D eigenvalue weighted by molar-refractivity contribution is -0.137. The Morgan fingerprint density at radius 1 is 1.15 bits per heavy atom. The number of halogens is 3. The first kappa shape index (κ1) is 15.0. The van der Waals surface area contributed by atoms with Gasteiger partial charge in [0.05, 0.1) is 5.56 Å². The van der Waals surface area contributed by atoms with Crippen LogP contribution < -0.4 is 10.6 Å². The molecule has 20 heavy (non-hydrogen) atoms. The van der Waals surface area contributed by atoms with Crippen molar-refractivity contribution >= 4 is 11.4 Å². The zero-order valence-corrected chi connectivity index (χ0v) is 11.9. The fraction of sp³-hybridized carbons (Fsp3) is 0.600. The van der Waals surface area contributed by atoms with Crippen molar-refractivity contribution in [1.29, 1.82) is 0 Å². The van der Waals surface area contributed by atoms with Gasteiger partial charge in [0.1, 0.15) is 0 Å². The van der Waals surface area contributed by atoms with Gasteiger partial charge in [-0.05, 0) is 42.9 Å². The van der Waals surface area contributed by atoms with E-state index in [9.17, 15) is 13.2 Å². The molecule has 5 heteroatoms. The smallest absolute Gasteiger partial charge is 0.399 e. The molecule has 0 saturated carbocycles. The Morgan fingerprint density at radius 3 is 2.50 bits per heavy atom. The minimum Gasteiger partial charge on any atom is -0.399 e. The Morgan fingerprint density at radius 2 is 1.85 bits per heavy atom. The van der Waals surface area contributed by atoms with E-state index in [4.69, 9.17) is 5.73 Å². The highest BCUT2D eigenvalue weighted by Crippen LogP contribution is 2.39. The van der Waals surface area contributed by atoms with Crippen molar-refractivity contribution in [2.45, 2.75) is 39.3 Å². The molecule has 0 unspecified atom stereocenters. The molecular weight excluding hydrogens is 265 g/mol. The average molecular weight is 286 g/mol. The molecule has 0 amide bonds. The van der Waals surface area contributed by atoms with Crippen molar-refractivity contribution in [3.63, 3.8) is 0 Å². The van der Waals surface area contributed by atoms with Crippen LogP contribution >= 0.6 is 0 Å². The highest BCUT2D eigenvalue weighted by molar-refractivity contribution is 5.61. The number of hydrogen-bond donors (Lipinski definition) is 1. The summed E-state index contributed by atoms with van der Waals surface area (Å²) in [5, 5.41) is 0. The molecule has 1 aliphatic heterocycles. The predicted octanol–water partition coefficient (Wildman–Crippen LogP) is 4.30. The van der Waals surface area contributed by atoms with E-state index in [1.54, 1.807) is 6.07 Å². The number of nitrogens with two attached hydrogens (primary N) is 1. The lowest BCUT2D eigenvalue weighted by atomic mass is 9.85.